The number of H-pyrrole nitrogens is 1. The highest BCUT2D eigenvalue weighted by Gasteiger charge is 2.36. The fourth-order valence-corrected chi connectivity index (χ4v) is 4.37. The highest BCUT2D eigenvalue weighted by molar-refractivity contribution is 5.13. The largest absolute Gasteiger partial charge is 0.296 e. The number of nitrogens with one attached hydrogen (secondary N) is 1. The molecule has 0 aromatic carbocycles. The van der Waals surface area contributed by atoms with Crippen LogP contribution in [0.3, 0.4) is 0 Å². The SMILES string of the molecule is Cc1ccc(CN2CC(CF)C(c3nc(C4CCCCC4)n[nH]3)C2)nc1. The average molecular weight is 357 g/mol. The van der Waals surface area contributed by atoms with Gasteiger partial charge in [0.15, 0.2) is 5.82 Å². The molecule has 6 heteroatoms. The molecule has 26 heavy (non-hydrogen) atoms. The van der Waals surface area contributed by atoms with Crippen LogP contribution in [0.2, 0.25) is 0 Å². The first-order chi connectivity index (χ1) is 12.7. The Morgan fingerprint density at radius 2 is 2.04 bits per heavy atom. The summed E-state index contributed by atoms with van der Waals surface area (Å²) in [6.45, 7) is 4.04. The smallest absolute Gasteiger partial charge is 0.153 e. The van der Waals surface area contributed by atoms with Gasteiger partial charge in [-0.2, -0.15) is 5.10 Å². The molecule has 1 aliphatic heterocycles. The topological polar surface area (TPSA) is 57.7 Å². The average Bonchev–Trinajstić information content (AvgIpc) is 3.31. The number of aromatic amines is 1. The van der Waals surface area contributed by atoms with Crippen molar-refractivity contribution in [3.05, 3.63) is 41.2 Å². The molecule has 2 aromatic rings. The standard InChI is InChI=1S/C20H28FN5/c1-14-7-8-17(22-10-14)12-26-11-16(9-21)18(13-26)20-23-19(24-25-20)15-5-3-2-4-6-15/h7-8,10,15-16,18H,2-6,9,11-13H2,1H3,(H,23,24,25). The normalized spacial score (nSPS) is 25.0. The molecule has 0 amide bonds. The van der Waals surface area contributed by atoms with Crippen molar-refractivity contribution in [2.24, 2.45) is 5.92 Å². The van der Waals surface area contributed by atoms with E-state index in [9.17, 15) is 4.39 Å². The lowest BCUT2D eigenvalue weighted by Crippen LogP contribution is -2.21. The van der Waals surface area contributed by atoms with E-state index in [-0.39, 0.29) is 18.5 Å². The van der Waals surface area contributed by atoms with Crippen LogP contribution in [0.15, 0.2) is 18.3 Å². The zero-order valence-electron chi connectivity index (χ0n) is 15.5. The van der Waals surface area contributed by atoms with Crippen molar-refractivity contribution in [1.29, 1.82) is 0 Å². The van der Waals surface area contributed by atoms with Gasteiger partial charge in [-0.05, 0) is 31.4 Å². The van der Waals surface area contributed by atoms with Gasteiger partial charge >= 0.3 is 0 Å². The third-order valence-electron chi connectivity index (χ3n) is 5.91. The predicted octanol–water partition coefficient (Wildman–Crippen LogP) is 3.74. The lowest BCUT2D eigenvalue weighted by Gasteiger charge is -2.18. The number of hydrogen-bond acceptors (Lipinski definition) is 4. The number of alkyl halides is 1. The third kappa shape index (κ3) is 3.80. The van der Waals surface area contributed by atoms with E-state index in [2.05, 4.69) is 32.2 Å². The van der Waals surface area contributed by atoms with Crippen molar-refractivity contribution in [2.75, 3.05) is 19.8 Å². The number of aryl methyl sites for hydroxylation is 1. The van der Waals surface area contributed by atoms with Crippen LogP contribution in [0, 0.1) is 12.8 Å². The van der Waals surface area contributed by atoms with E-state index in [1.54, 1.807) is 0 Å². The minimum absolute atomic E-state index is 0.0207. The van der Waals surface area contributed by atoms with Crippen molar-refractivity contribution >= 4 is 0 Å². The molecule has 0 radical (unpaired) electrons. The molecule has 0 bridgehead atoms. The van der Waals surface area contributed by atoms with Gasteiger partial charge in [0, 0.05) is 43.6 Å². The van der Waals surface area contributed by atoms with Crippen molar-refractivity contribution in [2.45, 2.75) is 57.4 Å². The summed E-state index contributed by atoms with van der Waals surface area (Å²) in [5.41, 5.74) is 2.20. The summed E-state index contributed by atoms with van der Waals surface area (Å²) in [7, 11) is 0. The third-order valence-corrected chi connectivity index (χ3v) is 5.91. The Kier molecular flexibility index (Phi) is 5.29. The van der Waals surface area contributed by atoms with Crippen molar-refractivity contribution in [1.82, 2.24) is 25.1 Å². The number of halogens is 1. The zero-order chi connectivity index (χ0) is 17.9. The van der Waals surface area contributed by atoms with Crippen LogP contribution in [0.1, 0.15) is 66.8 Å². The summed E-state index contributed by atoms with van der Waals surface area (Å²) in [4.78, 5) is 11.6. The molecular weight excluding hydrogens is 329 g/mol. The highest BCUT2D eigenvalue weighted by Crippen LogP contribution is 2.34. The van der Waals surface area contributed by atoms with E-state index in [1.165, 1.54) is 32.1 Å². The quantitative estimate of drug-likeness (QED) is 0.886. The van der Waals surface area contributed by atoms with E-state index >= 15 is 0 Å². The van der Waals surface area contributed by atoms with Crippen LogP contribution in [-0.2, 0) is 6.54 Å². The highest BCUT2D eigenvalue weighted by atomic mass is 19.1. The van der Waals surface area contributed by atoms with Crippen LogP contribution < -0.4 is 0 Å². The monoisotopic (exact) mass is 357 g/mol. The van der Waals surface area contributed by atoms with Gasteiger partial charge in [0.05, 0.1) is 12.4 Å². The second-order valence-corrected chi connectivity index (χ2v) is 7.96. The molecule has 2 aromatic heterocycles. The molecule has 5 nitrogen and oxygen atoms in total. The van der Waals surface area contributed by atoms with Gasteiger partial charge < -0.3 is 0 Å². The van der Waals surface area contributed by atoms with Gasteiger partial charge in [0.1, 0.15) is 5.82 Å². The van der Waals surface area contributed by atoms with Crippen molar-refractivity contribution in [3.8, 4) is 0 Å². The molecule has 4 rings (SSSR count). The minimum atomic E-state index is -0.318. The number of hydrogen-bond donors (Lipinski definition) is 1. The second-order valence-electron chi connectivity index (χ2n) is 7.96. The Hall–Kier alpha value is -1.82. The predicted molar refractivity (Wildman–Crippen MR) is 98.7 cm³/mol. The number of pyridine rings is 1. The number of likely N-dealkylation sites (tertiary alicyclic amines) is 1. The summed E-state index contributed by atoms with van der Waals surface area (Å²) >= 11 is 0. The molecule has 2 aliphatic rings. The summed E-state index contributed by atoms with van der Waals surface area (Å²) < 4.78 is 13.7. The van der Waals surface area contributed by atoms with E-state index in [0.717, 1.165) is 42.5 Å². The lowest BCUT2D eigenvalue weighted by molar-refractivity contribution is 0.293. The van der Waals surface area contributed by atoms with Gasteiger partial charge in [-0.1, -0.05) is 25.3 Å². The second kappa shape index (κ2) is 7.82. The fourth-order valence-electron chi connectivity index (χ4n) is 4.37. The first kappa shape index (κ1) is 17.6. The van der Waals surface area contributed by atoms with E-state index in [4.69, 9.17) is 4.98 Å². The van der Waals surface area contributed by atoms with E-state index < -0.39 is 0 Å². The first-order valence-corrected chi connectivity index (χ1v) is 9.85. The van der Waals surface area contributed by atoms with Gasteiger partial charge in [-0.3, -0.25) is 19.4 Å². The van der Waals surface area contributed by atoms with Crippen LogP contribution in [0.5, 0.6) is 0 Å². The molecule has 2 atom stereocenters. The number of aromatic nitrogens is 4. The van der Waals surface area contributed by atoms with Gasteiger partial charge in [0.25, 0.3) is 0 Å². The Morgan fingerprint density at radius 3 is 2.77 bits per heavy atom. The summed E-state index contributed by atoms with van der Waals surface area (Å²) in [5.74, 6) is 2.36. The molecule has 1 N–H and O–H groups in total. The lowest BCUT2D eigenvalue weighted by atomic mass is 9.89. The first-order valence-electron chi connectivity index (χ1n) is 9.85. The van der Waals surface area contributed by atoms with E-state index in [1.807, 2.05) is 13.1 Å². The fraction of sp³-hybridized carbons (Fsp3) is 0.650. The van der Waals surface area contributed by atoms with Crippen LogP contribution in [0.25, 0.3) is 0 Å². The van der Waals surface area contributed by atoms with Crippen molar-refractivity contribution < 1.29 is 4.39 Å². The summed E-state index contributed by atoms with van der Waals surface area (Å²) in [5, 5.41) is 7.61. The summed E-state index contributed by atoms with van der Waals surface area (Å²) in [6, 6.07) is 4.14. The molecule has 0 spiro atoms. The van der Waals surface area contributed by atoms with Crippen molar-refractivity contribution in [3.63, 3.8) is 0 Å². The van der Waals surface area contributed by atoms with Gasteiger partial charge in [-0.25, -0.2) is 4.98 Å². The molecule has 3 heterocycles. The molecule has 1 aliphatic carbocycles. The Balaban J connectivity index is 1.44. The molecule has 2 fully saturated rings. The molecule has 1 saturated heterocycles. The Labute approximate surface area is 154 Å². The minimum Gasteiger partial charge on any atom is -0.296 e. The maximum absolute atomic E-state index is 13.7. The Morgan fingerprint density at radius 1 is 1.19 bits per heavy atom. The maximum atomic E-state index is 13.7. The van der Waals surface area contributed by atoms with Gasteiger partial charge in [0.2, 0.25) is 0 Å². The number of nitrogens with zero attached hydrogens (tertiary/aromatic N) is 4. The Bertz CT molecular complexity index is 707. The maximum Gasteiger partial charge on any atom is 0.153 e. The number of rotatable bonds is 5. The molecule has 140 valence electrons. The molecule has 2 unspecified atom stereocenters. The van der Waals surface area contributed by atoms with Crippen LogP contribution >= 0.6 is 0 Å². The van der Waals surface area contributed by atoms with E-state index in [0.29, 0.717) is 5.92 Å². The zero-order valence-corrected chi connectivity index (χ0v) is 15.5. The molecule has 1 saturated carbocycles. The molecular formula is C20H28FN5. The van der Waals surface area contributed by atoms with Crippen LogP contribution in [-0.4, -0.2) is 44.8 Å². The van der Waals surface area contributed by atoms with Gasteiger partial charge in [-0.15, -0.1) is 0 Å². The van der Waals surface area contributed by atoms with Crippen LogP contribution in [0.4, 0.5) is 4.39 Å². The summed E-state index contributed by atoms with van der Waals surface area (Å²) in [6.07, 6.45) is 8.11.